The van der Waals surface area contributed by atoms with Crippen molar-refractivity contribution in [1.29, 1.82) is 0 Å². The minimum atomic E-state index is 0.244. The number of anilines is 1. The fourth-order valence-electron chi connectivity index (χ4n) is 5.77. The quantitative estimate of drug-likeness (QED) is 0.764. The maximum absolute atomic E-state index is 12.5. The first-order valence-electron chi connectivity index (χ1n) is 11.8. The summed E-state index contributed by atoms with van der Waals surface area (Å²) in [5.41, 5.74) is 2.36. The Bertz CT molecular complexity index is 848. The lowest BCUT2D eigenvalue weighted by Gasteiger charge is -2.23. The Hall–Kier alpha value is -2.04. The van der Waals surface area contributed by atoms with Gasteiger partial charge in [-0.25, -0.2) is 4.98 Å². The van der Waals surface area contributed by atoms with Gasteiger partial charge in [-0.05, 0) is 43.7 Å². The number of rotatable bonds is 6. The first-order valence-corrected chi connectivity index (χ1v) is 11.8. The van der Waals surface area contributed by atoms with Gasteiger partial charge >= 0.3 is 0 Å². The lowest BCUT2D eigenvalue weighted by molar-refractivity contribution is -0.121. The smallest absolute Gasteiger partial charge is 0.220 e. The van der Waals surface area contributed by atoms with Crippen molar-refractivity contribution in [2.45, 2.75) is 82.7 Å². The molecule has 156 valence electrons. The van der Waals surface area contributed by atoms with Crippen LogP contribution in [0.4, 0.5) is 5.95 Å². The first-order chi connectivity index (χ1) is 14.3. The molecular weight excluding hydrogens is 360 g/mol. The maximum Gasteiger partial charge on any atom is 0.220 e. The van der Waals surface area contributed by atoms with E-state index in [1.165, 1.54) is 56.9 Å². The molecular formula is C24H34N4O. The van der Waals surface area contributed by atoms with E-state index in [0.717, 1.165) is 43.3 Å². The zero-order valence-corrected chi connectivity index (χ0v) is 17.5. The summed E-state index contributed by atoms with van der Waals surface area (Å²) in [6, 6.07) is 9.36. The molecule has 3 aliphatic rings. The number of imidazole rings is 1. The molecule has 1 saturated heterocycles. The third kappa shape index (κ3) is 4.01. The molecule has 1 N–H and O–H groups in total. The number of nitrogens with one attached hydrogen (secondary N) is 1. The average molecular weight is 395 g/mol. The number of para-hydroxylation sites is 2. The van der Waals surface area contributed by atoms with Crippen LogP contribution in [-0.4, -0.2) is 34.6 Å². The fourth-order valence-corrected chi connectivity index (χ4v) is 5.77. The topological polar surface area (TPSA) is 50.2 Å². The highest BCUT2D eigenvalue weighted by atomic mass is 16.1. The number of fused-ring (bicyclic) bond motifs is 1. The van der Waals surface area contributed by atoms with Crippen LogP contribution in [0, 0.1) is 5.92 Å². The van der Waals surface area contributed by atoms with Crippen molar-refractivity contribution in [2.24, 2.45) is 5.92 Å². The van der Waals surface area contributed by atoms with Crippen molar-refractivity contribution < 1.29 is 4.79 Å². The van der Waals surface area contributed by atoms with Gasteiger partial charge in [0.1, 0.15) is 0 Å². The lowest BCUT2D eigenvalue weighted by Crippen LogP contribution is -2.37. The van der Waals surface area contributed by atoms with Gasteiger partial charge in [-0.3, -0.25) is 4.79 Å². The molecule has 2 saturated carbocycles. The lowest BCUT2D eigenvalue weighted by atomic mass is 10.0. The van der Waals surface area contributed by atoms with Gasteiger partial charge < -0.3 is 14.8 Å². The van der Waals surface area contributed by atoms with E-state index < -0.39 is 0 Å². The van der Waals surface area contributed by atoms with Crippen LogP contribution < -0.4 is 10.2 Å². The van der Waals surface area contributed by atoms with E-state index in [0.29, 0.717) is 12.5 Å². The number of aromatic nitrogens is 2. The summed E-state index contributed by atoms with van der Waals surface area (Å²) in [6.07, 6.45) is 13.3. The first kappa shape index (κ1) is 19.0. The number of carbonyl (C=O) groups is 1. The summed E-state index contributed by atoms with van der Waals surface area (Å²) in [5.74, 6) is 2.14. The number of hydrogen-bond acceptors (Lipinski definition) is 3. The van der Waals surface area contributed by atoms with Crippen LogP contribution in [0.5, 0.6) is 0 Å². The summed E-state index contributed by atoms with van der Waals surface area (Å²) >= 11 is 0. The molecule has 1 amide bonds. The van der Waals surface area contributed by atoms with Crippen LogP contribution >= 0.6 is 0 Å². The summed E-state index contributed by atoms with van der Waals surface area (Å²) < 4.78 is 2.49. The number of carbonyl (C=O) groups excluding carboxylic acids is 1. The maximum atomic E-state index is 12.5. The zero-order valence-electron chi connectivity index (χ0n) is 17.5. The molecule has 1 unspecified atom stereocenters. The number of amides is 1. The summed E-state index contributed by atoms with van der Waals surface area (Å²) in [4.78, 5) is 19.9. The van der Waals surface area contributed by atoms with E-state index >= 15 is 0 Å². The Balaban J connectivity index is 1.25. The molecule has 2 aliphatic carbocycles. The Labute approximate surface area is 173 Å². The van der Waals surface area contributed by atoms with Gasteiger partial charge in [-0.2, -0.15) is 0 Å². The van der Waals surface area contributed by atoms with Crippen LogP contribution in [0.3, 0.4) is 0 Å². The Kier molecular flexibility index (Phi) is 5.47. The van der Waals surface area contributed by atoms with Gasteiger partial charge in [0.25, 0.3) is 0 Å². The van der Waals surface area contributed by atoms with Crippen LogP contribution in [-0.2, 0) is 4.79 Å². The molecule has 2 heterocycles. The third-order valence-corrected chi connectivity index (χ3v) is 7.36. The van der Waals surface area contributed by atoms with Crippen molar-refractivity contribution >= 4 is 22.9 Å². The van der Waals surface area contributed by atoms with E-state index in [2.05, 4.69) is 39.0 Å². The predicted octanol–water partition coefficient (Wildman–Crippen LogP) is 4.82. The molecule has 5 heteroatoms. The van der Waals surface area contributed by atoms with Crippen molar-refractivity contribution in [3.8, 4) is 0 Å². The summed E-state index contributed by atoms with van der Waals surface area (Å²) in [6.45, 7) is 1.86. The summed E-state index contributed by atoms with van der Waals surface area (Å²) in [7, 11) is 0. The largest absolute Gasteiger partial charge is 0.352 e. The Morgan fingerprint density at radius 3 is 2.62 bits per heavy atom. The second kappa shape index (κ2) is 8.37. The van der Waals surface area contributed by atoms with E-state index in [4.69, 9.17) is 4.98 Å². The molecule has 1 aromatic heterocycles. The molecule has 2 aromatic rings. The van der Waals surface area contributed by atoms with E-state index in [9.17, 15) is 4.79 Å². The molecule has 29 heavy (non-hydrogen) atoms. The molecule has 3 fully saturated rings. The zero-order chi connectivity index (χ0) is 19.6. The number of nitrogens with zero attached hydrogens (tertiary/aromatic N) is 3. The molecule has 1 atom stereocenters. The second-order valence-corrected chi connectivity index (χ2v) is 9.40. The number of hydrogen-bond donors (Lipinski definition) is 1. The van der Waals surface area contributed by atoms with Gasteiger partial charge in [-0.1, -0.05) is 50.7 Å². The molecule has 0 spiro atoms. The van der Waals surface area contributed by atoms with Crippen LogP contribution in [0.1, 0.15) is 76.7 Å². The highest BCUT2D eigenvalue weighted by Crippen LogP contribution is 2.37. The van der Waals surface area contributed by atoms with Crippen LogP contribution in [0.15, 0.2) is 24.3 Å². The molecule has 0 radical (unpaired) electrons. The summed E-state index contributed by atoms with van der Waals surface area (Å²) in [5, 5.41) is 3.31. The highest BCUT2D eigenvalue weighted by molar-refractivity contribution is 5.79. The minimum absolute atomic E-state index is 0.244. The van der Waals surface area contributed by atoms with E-state index in [1.54, 1.807) is 0 Å². The Morgan fingerprint density at radius 1 is 1.03 bits per heavy atom. The molecule has 1 aliphatic heterocycles. The van der Waals surface area contributed by atoms with Crippen molar-refractivity contribution in [1.82, 2.24) is 14.9 Å². The predicted molar refractivity (Wildman–Crippen MR) is 117 cm³/mol. The van der Waals surface area contributed by atoms with Crippen molar-refractivity contribution in [3.63, 3.8) is 0 Å². The SMILES string of the molecule is O=C(CCC1CCCC1)NC1CCN(c2nc3ccccc3n2C2CCCC2)C1. The standard InChI is InChI=1S/C24H34N4O/c29-23(14-13-18-7-1-2-8-18)25-19-15-16-27(17-19)24-26-21-11-5-6-12-22(21)28(24)20-9-3-4-10-20/h5-6,11-12,18-20H,1-4,7-10,13-17H2,(H,25,29). The highest BCUT2D eigenvalue weighted by Gasteiger charge is 2.30. The van der Waals surface area contributed by atoms with Gasteiger partial charge in [0.05, 0.1) is 11.0 Å². The van der Waals surface area contributed by atoms with Gasteiger partial charge in [-0.15, -0.1) is 0 Å². The normalized spacial score (nSPS) is 23.4. The van der Waals surface area contributed by atoms with Gasteiger partial charge in [0.15, 0.2) is 0 Å². The molecule has 0 bridgehead atoms. The molecule has 5 nitrogen and oxygen atoms in total. The van der Waals surface area contributed by atoms with Crippen LogP contribution in [0.2, 0.25) is 0 Å². The fraction of sp³-hybridized carbons (Fsp3) is 0.667. The minimum Gasteiger partial charge on any atom is -0.352 e. The average Bonchev–Trinajstić information content (AvgIpc) is 3.52. The van der Waals surface area contributed by atoms with Crippen molar-refractivity contribution in [3.05, 3.63) is 24.3 Å². The van der Waals surface area contributed by atoms with Crippen molar-refractivity contribution in [2.75, 3.05) is 18.0 Å². The monoisotopic (exact) mass is 394 g/mol. The van der Waals surface area contributed by atoms with E-state index in [1.807, 2.05) is 0 Å². The second-order valence-electron chi connectivity index (χ2n) is 9.40. The van der Waals surface area contributed by atoms with E-state index in [-0.39, 0.29) is 11.9 Å². The molecule has 1 aromatic carbocycles. The van der Waals surface area contributed by atoms with Gasteiger partial charge in [0.2, 0.25) is 11.9 Å². The third-order valence-electron chi connectivity index (χ3n) is 7.36. The molecule has 5 rings (SSSR count). The number of benzene rings is 1. The Morgan fingerprint density at radius 2 is 1.79 bits per heavy atom. The van der Waals surface area contributed by atoms with Gasteiger partial charge in [0, 0.05) is 31.6 Å². The van der Waals surface area contributed by atoms with Crippen LogP contribution in [0.25, 0.3) is 11.0 Å².